The van der Waals surface area contributed by atoms with E-state index in [1.165, 1.54) is 16.4 Å². The molecule has 7 heteroatoms. The molecule has 2 heterocycles. The highest BCUT2D eigenvalue weighted by atomic mass is 35.5. The number of halogens is 2. The van der Waals surface area contributed by atoms with E-state index in [9.17, 15) is 8.42 Å². The van der Waals surface area contributed by atoms with Gasteiger partial charge in [0.05, 0.1) is 11.1 Å². The second kappa shape index (κ2) is 5.57. The van der Waals surface area contributed by atoms with Crippen LogP contribution < -0.4 is 0 Å². The van der Waals surface area contributed by atoms with Crippen LogP contribution in [0.4, 0.5) is 0 Å². The molecule has 0 fully saturated rings. The smallest absolute Gasteiger partial charge is 0.245 e. The summed E-state index contributed by atoms with van der Waals surface area (Å²) in [5.41, 5.74) is 2.13. The van der Waals surface area contributed by atoms with Gasteiger partial charge in [-0.2, -0.15) is 4.31 Å². The van der Waals surface area contributed by atoms with Crippen molar-refractivity contribution in [2.24, 2.45) is 0 Å². The molecule has 118 valence electrons. The molecule has 1 aromatic carbocycles. The van der Waals surface area contributed by atoms with Crippen LogP contribution in [0.25, 0.3) is 0 Å². The molecule has 4 nitrogen and oxygen atoms in total. The van der Waals surface area contributed by atoms with E-state index in [0.29, 0.717) is 18.1 Å². The number of rotatable bonds is 2. The fourth-order valence-corrected chi connectivity index (χ4v) is 5.27. The second-order valence-corrected chi connectivity index (χ2v) is 8.12. The van der Waals surface area contributed by atoms with Crippen LogP contribution in [-0.2, 0) is 16.6 Å². The third kappa shape index (κ3) is 2.46. The number of hydrogen-bond acceptors (Lipinski definition) is 2. The normalized spacial score (nSPS) is 19.2. The van der Waals surface area contributed by atoms with E-state index >= 15 is 0 Å². The van der Waals surface area contributed by atoms with Crippen molar-refractivity contribution >= 4 is 33.2 Å². The maximum Gasteiger partial charge on any atom is 0.245 e. The highest BCUT2D eigenvalue weighted by Gasteiger charge is 2.35. The third-order valence-electron chi connectivity index (χ3n) is 4.12. The van der Waals surface area contributed by atoms with E-state index in [1.54, 1.807) is 6.07 Å². The number of hydrogen-bond donors (Lipinski definition) is 0. The van der Waals surface area contributed by atoms with Gasteiger partial charge < -0.3 is 4.57 Å². The SMILES string of the molecule is Cc1ccc2n1CCN(S(=O)(=O)c1cc(Cl)ccc1Cl)[C@H]2C. The Balaban J connectivity index is 2.05. The Bertz CT molecular complexity index is 830. The van der Waals surface area contributed by atoms with E-state index < -0.39 is 10.0 Å². The molecule has 0 saturated carbocycles. The Morgan fingerprint density at radius 3 is 2.59 bits per heavy atom. The minimum atomic E-state index is -3.69. The van der Waals surface area contributed by atoms with Crippen LogP contribution in [0.15, 0.2) is 35.2 Å². The monoisotopic (exact) mass is 358 g/mol. The molecule has 0 bridgehead atoms. The average molecular weight is 359 g/mol. The number of nitrogens with zero attached hydrogens (tertiary/aromatic N) is 2. The van der Waals surface area contributed by atoms with Gasteiger partial charge in [-0.15, -0.1) is 0 Å². The van der Waals surface area contributed by atoms with Crippen molar-refractivity contribution in [1.29, 1.82) is 0 Å². The highest BCUT2D eigenvalue weighted by molar-refractivity contribution is 7.89. The van der Waals surface area contributed by atoms with Crippen LogP contribution in [-0.4, -0.2) is 23.8 Å². The predicted molar refractivity (Wildman–Crippen MR) is 87.9 cm³/mol. The first-order valence-electron chi connectivity index (χ1n) is 6.95. The Kier molecular flexibility index (Phi) is 4.01. The first kappa shape index (κ1) is 15.9. The molecule has 0 spiro atoms. The molecule has 0 unspecified atom stereocenters. The summed E-state index contributed by atoms with van der Waals surface area (Å²) in [6.45, 7) is 4.96. The predicted octanol–water partition coefficient (Wildman–Crippen LogP) is 3.87. The number of sulfonamides is 1. The summed E-state index contributed by atoms with van der Waals surface area (Å²) in [5.74, 6) is 0. The number of benzene rings is 1. The fourth-order valence-electron chi connectivity index (χ4n) is 2.93. The molecule has 1 atom stereocenters. The van der Waals surface area contributed by atoms with Crippen LogP contribution in [0, 0.1) is 6.92 Å². The zero-order chi connectivity index (χ0) is 16.1. The zero-order valence-corrected chi connectivity index (χ0v) is 14.6. The fraction of sp³-hybridized carbons (Fsp3) is 0.333. The molecule has 2 aromatic rings. The lowest BCUT2D eigenvalue weighted by Crippen LogP contribution is -2.41. The van der Waals surface area contributed by atoms with Crippen molar-refractivity contribution in [1.82, 2.24) is 8.87 Å². The number of aryl methyl sites for hydroxylation is 1. The maximum absolute atomic E-state index is 13.0. The van der Waals surface area contributed by atoms with Gasteiger partial charge >= 0.3 is 0 Å². The maximum atomic E-state index is 13.0. The van der Waals surface area contributed by atoms with Gasteiger partial charge in [0.2, 0.25) is 10.0 Å². The topological polar surface area (TPSA) is 42.3 Å². The standard InChI is InChI=1S/C15H16Cl2N2O2S/c1-10-3-6-14-11(2)19(8-7-18(10)14)22(20,21)15-9-12(16)4-5-13(15)17/h3-6,9,11H,7-8H2,1-2H3/t11-/m0/s1. The first-order valence-corrected chi connectivity index (χ1v) is 9.15. The summed E-state index contributed by atoms with van der Waals surface area (Å²) >= 11 is 12.0. The molecule has 22 heavy (non-hydrogen) atoms. The van der Waals surface area contributed by atoms with Gasteiger partial charge in [-0.3, -0.25) is 0 Å². The molecule has 0 saturated heterocycles. The third-order valence-corrected chi connectivity index (χ3v) is 6.80. The number of fused-ring (bicyclic) bond motifs is 1. The summed E-state index contributed by atoms with van der Waals surface area (Å²) in [5, 5.41) is 0.542. The van der Waals surface area contributed by atoms with E-state index in [1.807, 2.05) is 26.0 Å². The van der Waals surface area contributed by atoms with Gasteiger partial charge in [-0.05, 0) is 44.2 Å². The molecule has 0 radical (unpaired) electrons. The number of aromatic nitrogens is 1. The molecule has 1 aromatic heterocycles. The average Bonchev–Trinajstić information content (AvgIpc) is 2.84. The van der Waals surface area contributed by atoms with Crippen molar-refractivity contribution in [3.05, 3.63) is 51.8 Å². The van der Waals surface area contributed by atoms with Crippen molar-refractivity contribution < 1.29 is 8.42 Å². The minimum Gasteiger partial charge on any atom is -0.346 e. The van der Waals surface area contributed by atoms with Gasteiger partial charge in [-0.1, -0.05) is 23.2 Å². The summed E-state index contributed by atoms with van der Waals surface area (Å²) in [6, 6.07) is 8.23. The van der Waals surface area contributed by atoms with Crippen molar-refractivity contribution in [2.75, 3.05) is 6.54 Å². The second-order valence-electron chi connectivity index (χ2n) is 5.42. The van der Waals surface area contributed by atoms with Crippen molar-refractivity contribution in [3.8, 4) is 0 Å². The zero-order valence-electron chi connectivity index (χ0n) is 12.3. The first-order chi connectivity index (χ1) is 10.3. The summed E-state index contributed by atoms with van der Waals surface area (Å²) in [6.07, 6.45) is 0. The van der Waals surface area contributed by atoms with Crippen LogP contribution in [0.5, 0.6) is 0 Å². The van der Waals surface area contributed by atoms with E-state index in [-0.39, 0.29) is 16.0 Å². The largest absolute Gasteiger partial charge is 0.346 e. The van der Waals surface area contributed by atoms with Gasteiger partial charge in [0.1, 0.15) is 4.90 Å². The van der Waals surface area contributed by atoms with Gasteiger partial charge in [0.25, 0.3) is 0 Å². The van der Waals surface area contributed by atoms with Crippen LogP contribution in [0.3, 0.4) is 0 Å². The Morgan fingerprint density at radius 1 is 1.14 bits per heavy atom. The molecule has 3 rings (SSSR count). The molecule has 0 amide bonds. The Morgan fingerprint density at radius 2 is 1.86 bits per heavy atom. The quantitative estimate of drug-likeness (QED) is 0.817. The summed E-state index contributed by atoms with van der Waals surface area (Å²) < 4.78 is 29.6. The van der Waals surface area contributed by atoms with E-state index in [4.69, 9.17) is 23.2 Å². The lowest BCUT2D eigenvalue weighted by Gasteiger charge is -2.34. The Labute approximate surface area is 140 Å². The van der Waals surface area contributed by atoms with Gasteiger partial charge in [0.15, 0.2) is 0 Å². The molecular formula is C15H16Cl2N2O2S. The van der Waals surface area contributed by atoms with Crippen molar-refractivity contribution in [2.45, 2.75) is 31.3 Å². The molecule has 0 aliphatic carbocycles. The summed E-state index contributed by atoms with van der Waals surface area (Å²) in [7, 11) is -3.69. The highest BCUT2D eigenvalue weighted by Crippen LogP contribution is 2.35. The lowest BCUT2D eigenvalue weighted by atomic mass is 10.2. The van der Waals surface area contributed by atoms with Gasteiger partial charge in [0, 0.05) is 29.5 Å². The van der Waals surface area contributed by atoms with Crippen LogP contribution in [0.2, 0.25) is 10.0 Å². The van der Waals surface area contributed by atoms with Crippen LogP contribution in [0.1, 0.15) is 24.4 Å². The van der Waals surface area contributed by atoms with Crippen LogP contribution >= 0.6 is 23.2 Å². The van der Waals surface area contributed by atoms with E-state index in [0.717, 1.165) is 11.4 Å². The molecule has 1 aliphatic heterocycles. The molecular weight excluding hydrogens is 343 g/mol. The van der Waals surface area contributed by atoms with Crippen molar-refractivity contribution in [3.63, 3.8) is 0 Å². The van der Waals surface area contributed by atoms with Gasteiger partial charge in [-0.25, -0.2) is 8.42 Å². The minimum absolute atomic E-state index is 0.0604. The summed E-state index contributed by atoms with van der Waals surface area (Å²) in [4.78, 5) is 0.0604. The molecule has 0 N–H and O–H groups in total. The molecule has 1 aliphatic rings. The Hall–Kier alpha value is -1.01. The van der Waals surface area contributed by atoms with E-state index in [2.05, 4.69) is 4.57 Å². The lowest BCUT2D eigenvalue weighted by molar-refractivity contribution is 0.280.